The molecule has 4 nitrogen and oxygen atoms in total. The van der Waals surface area contributed by atoms with Crippen molar-refractivity contribution in [3.63, 3.8) is 0 Å². The van der Waals surface area contributed by atoms with Gasteiger partial charge in [0, 0.05) is 32.7 Å². The highest BCUT2D eigenvalue weighted by atomic mass is 16.5. The zero-order valence-electron chi connectivity index (χ0n) is 10.8. The van der Waals surface area contributed by atoms with Gasteiger partial charge in [0.25, 0.3) is 0 Å². The number of hydrogen-bond donors (Lipinski definition) is 1. The number of nitrogens with one attached hydrogen (secondary N) is 1. The maximum absolute atomic E-state index is 5.86. The average Bonchev–Trinajstić information content (AvgIpc) is 2.74. The largest absolute Gasteiger partial charge is 0.437 e. The SMILES string of the molecule is C=C1Oc2c(N3CCNCC3)cccc2N1CC. The Labute approximate surface area is 108 Å². The Balaban J connectivity index is 1.98. The molecule has 0 radical (unpaired) electrons. The summed E-state index contributed by atoms with van der Waals surface area (Å²) in [4.78, 5) is 4.49. The summed E-state index contributed by atoms with van der Waals surface area (Å²) in [6, 6.07) is 6.33. The van der Waals surface area contributed by atoms with Crippen molar-refractivity contribution >= 4 is 11.4 Å². The first kappa shape index (κ1) is 11.4. The lowest BCUT2D eigenvalue weighted by atomic mass is 10.2. The molecule has 0 atom stereocenters. The van der Waals surface area contributed by atoms with Gasteiger partial charge in [-0.15, -0.1) is 0 Å². The zero-order valence-corrected chi connectivity index (χ0v) is 10.8. The van der Waals surface area contributed by atoms with Gasteiger partial charge in [0.05, 0.1) is 11.4 Å². The molecular weight excluding hydrogens is 226 g/mol. The third kappa shape index (κ3) is 1.73. The topological polar surface area (TPSA) is 27.7 Å². The number of ether oxygens (including phenoxy) is 1. The van der Waals surface area contributed by atoms with Crippen LogP contribution < -0.4 is 19.9 Å². The monoisotopic (exact) mass is 245 g/mol. The lowest BCUT2D eigenvalue weighted by Crippen LogP contribution is -2.43. The molecular formula is C14H19N3O. The van der Waals surface area contributed by atoms with E-state index in [1.807, 2.05) is 0 Å². The minimum atomic E-state index is 0.732. The minimum absolute atomic E-state index is 0.732. The van der Waals surface area contributed by atoms with E-state index in [0.29, 0.717) is 0 Å². The predicted molar refractivity (Wildman–Crippen MR) is 74.3 cm³/mol. The Hall–Kier alpha value is -1.68. The third-order valence-electron chi connectivity index (χ3n) is 3.56. The van der Waals surface area contributed by atoms with Crippen molar-refractivity contribution in [2.24, 2.45) is 0 Å². The molecule has 0 unspecified atom stereocenters. The van der Waals surface area contributed by atoms with Crippen molar-refractivity contribution in [2.75, 3.05) is 42.5 Å². The Bertz CT molecular complexity index is 466. The molecule has 1 fully saturated rings. The number of fused-ring (bicyclic) bond motifs is 1. The first-order chi connectivity index (χ1) is 8.81. The minimum Gasteiger partial charge on any atom is -0.437 e. The summed E-state index contributed by atoms with van der Waals surface area (Å²) in [6.45, 7) is 11.1. The molecule has 2 heterocycles. The molecule has 96 valence electrons. The number of benzene rings is 1. The van der Waals surface area contributed by atoms with Gasteiger partial charge in [-0.3, -0.25) is 0 Å². The number of rotatable bonds is 2. The quantitative estimate of drug-likeness (QED) is 0.859. The smallest absolute Gasteiger partial charge is 0.193 e. The number of piperazine rings is 1. The first-order valence-electron chi connectivity index (χ1n) is 6.54. The molecule has 1 saturated heterocycles. The van der Waals surface area contributed by atoms with Gasteiger partial charge in [-0.05, 0) is 25.6 Å². The maximum atomic E-state index is 5.86. The number of nitrogens with zero attached hydrogens (tertiary/aromatic N) is 2. The highest BCUT2D eigenvalue weighted by Gasteiger charge is 2.28. The molecule has 2 aliphatic heterocycles. The molecule has 0 bridgehead atoms. The molecule has 18 heavy (non-hydrogen) atoms. The van der Waals surface area contributed by atoms with Crippen LogP contribution in [0.15, 0.2) is 30.7 Å². The van der Waals surface area contributed by atoms with Crippen LogP contribution >= 0.6 is 0 Å². The summed E-state index contributed by atoms with van der Waals surface area (Å²) < 4.78 is 5.86. The van der Waals surface area contributed by atoms with E-state index in [9.17, 15) is 0 Å². The normalized spacial score (nSPS) is 18.8. The highest BCUT2D eigenvalue weighted by Crippen LogP contribution is 2.45. The van der Waals surface area contributed by atoms with E-state index < -0.39 is 0 Å². The molecule has 1 aromatic carbocycles. The van der Waals surface area contributed by atoms with Gasteiger partial charge >= 0.3 is 0 Å². The number of anilines is 2. The molecule has 0 amide bonds. The van der Waals surface area contributed by atoms with Crippen LogP contribution in [-0.4, -0.2) is 32.7 Å². The van der Waals surface area contributed by atoms with E-state index in [1.54, 1.807) is 0 Å². The van der Waals surface area contributed by atoms with E-state index in [1.165, 1.54) is 5.69 Å². The summed E-state index contributed by atoms with van der Waals surface area (Å²) >= 11 is 0. The number of hydrogen-bond acceptors (Lipinski definition) is 4. The highest BCUT2D eigenvalue weighted by molar-refractivity contribution is 5.77. The van der Waals surface area contributed by atoms with Crippen molar-refractivity contribution < 1.29 is 4.74 Å². The van der Waals surface area contributed by atoms with Gasteiger partial charge in [-0.25, -0.2) is 0 Å². The third-order valence-corrected chi connectivity index (χ3v) is 3.56. The molecule has 0 saturated carbocycles. The second-order valence-corrected chi connectivity index (χ2v) is 4.60. The van der Waals surface area contributed by atoms with E-state index in [-0.39, 0.29) is 0 Å². The van der Waals surface area contributed by atoms with E-state index in [4.69, 9.17) is 4.74 Å². The molecule has 0 aromatic heterocycles. The summed E-state index contributed by atoms with van der Waals surface area (Å²) in [5.41, 5.74) is 2.32. The predicted octanol–water partition coefficient (Wildman–Crippen LogP) is 1.79. The average molecular weight is 245 g/mol. The number of para-hydroxylation sites is 1. The van der Waals surface area contributed by atoms with Crippen molar-refractivity contribution in [1.29, 1.82) is 0 Å². The zero-order chi connectivity index (χ0) is 12.5. The van der Waals surface area contributed by atoms with Crippen molar-refractivity contribution in [1.82, 2.24) is 5.32 Å². The Morgan fingerprint density at radius 1 is 1.28 bits per heavy atom. The molecule has 0 aliphatic carbocycles. The van der Waals surface area contributed by atoms with Crippen LogP contribution in [0.5, 0.6) is 5.75 Å². The van der Waals surface area contributed by atoms with Gasteiger partial charge < -0.3 is 19.9 Å². The van der Waals surface area contributed by atoms with Gasteiger partial charge in [-0.1, -0.05) is 6.07 Å². The second kappa shape index (κ2) is 4.53. The molecule has 3 rings (SSSR count). The van der Waals surface area contributed by atoms with Crippen LogP contribution in [0.2, 0.25) is 0 Å². The second-order valence-electron chi connectivity index (χ2n) is 4.60. The molecule has 2 aliphatic rings. The fourth-order valence-electron chi connectivity index (χ4n) is 2.64. The summed E-state index contributed by atoms with van der Waals surface area (Å²) in [5.74, 6) is 1.70. The fraction of sp³-hybridized carbons (Fsp3) is 0.429. The fourth-order valence-corrected chi connectivity index (χ4v) is 2.64. The van der Waals surface area contributed by atoms with E-state index >= 15 is 0 Å². The van der Waals surface area contributed by atoms with Crippen molar-refractivity contribution in [2.45, 2.75) is 6.92 Å². The van der Waals surface area contributed by atoms with Crippen LogP contribution in [0.1, 0.15) is 6.92 Å². The van der Waals surface area contributed by atoms with Crippen LogP contribution in [-0.2, 0) is 0 Å². The standard InChI is InChI=1S/C14H19N3O/c1-3-17-11(2)18-14-12(5-4-6-13(14)17)16-9-7-15-8-10-16/h4-6,15H,2-3,7-10H2,1H3. The van der Waals surface area contributed by atoms with Crippen LogP contribution in [0, 0.1) is 0 Å². The van der Waals surface area contributed by atoms with Crippen molar-refractivity contribution in [3.8, 4) is 5.75 Å². The van der Waals surface area contributed by atoms with Gasteiger partial charge in [-0.2, -0.15) is 0 Å². The molecule has 1 N–H and O–H groups in total. The van der Waals surface area contributed by atoms with Gasteiger partial charge in [0.1, 0.15) is 0 Å². The molecule has 4 heteroatoms. The maximum Gasteiger partial charge on any atom is 0.193 e. The van der Waals surface area contributed by atoms with E-state index in [2.05, 4.69) is 46.8 Å². The summed E-state index contributed by atoms with van der Waals surface area (Å²) in [5, 5.41) is 3.37. The first-order valence-corrected chi connectivity index (χ1v) is 6.54. The van der Waals surface area contributed by atoms with Gasteiger partial charge in [0.2, 0.25) is 0 Å². The lowest BCUT2D eigenvalue weighted by Gasteiger charge is -2.30. The summed E-state index contributed by atoms with van der Waals surface area (Å²) in [7, 11) is 0. The van der Waals surface area contributed by atoms with Crippen LogP contribution in [0.25, 0.3) is 0 Å². The lowest BCUT2D eigenvalue weighted by molar-refractivity contribution is 0.440. The van der Waals surface area contributed by atoms with Crippen molar-refractivity contribution in [3.05, 3.63) is 30.7 Å². The molecule has 0 spiro atoms. The van der Waals surface area contributed by atoms with Crippen LogP contribution in [0.4, 0.5) is 11.4 Å². The Kier molecular flexibility index (Phi) is 2.88. The Morgan fingerprint density at radius 2 is 2.00 bits per heavy atom. The Morgan fingerprint density at radius 3 is 2.72 bits per heavy atom. The summed E-state index contributed by atoms with van der Waals surface area (Å²) in [6.07, 6.45) is 0. The molecule has 1 aromatic rings. The van der Waals surface area contributed by atoms with Crippen LogP contribution in [0.3, 0.4) is 0 Å². The van der Waals surface area contributed by atoms with E-state index in [0.717, 1.165) is 50.0 Å². The van der Waals surface area contributed by atoms with Gasteiger partial charge in [0.15, 0.2) is 11.6 Å².